The lowest BCUT2D eigenvalue weighted by Gasteiger charge is -2.27. The van der Waals surface area contributed by atoms with Crippen molar-refractivity contribution < 1.29 is 14.6 Å². The van der Waals surface area contributed by atoms with Crippen molar-refractivity contribution in [3.8, 4) is 22.8 Å². The van der Waals surface area contributed by atoms with Crippen LogP contribution in [0.15, 0.2) is 73.3 Å². The van der Waals surface area contributed by atoms with Crippen LogP contribution in [0, 0.1) is 13.8 Å². The van der Waals surface area contributed by atoms with E-state index in [1.54, 1.807) is 17.0 Å². The Morgan fingerprint density at radius 1 is 1.17 bits per heavy atom. The standard InChI is InChI=1S/C29H26ClN3O3/c1-4-12-36-21-10-7-9-19(15-21)28-25-26(24-18(3)13-17(2)14-23(24)34)31-32-27(25)29(35)33(28)16-20-8-5-6-11-22(20)30/h4-11,13-15,28,34H,1,12,16H2,2-3H3,(H,31,32). The third kappa shape index (κ3) is 4.14. The van der Waals surface area contributed by atoms with Crippen molar-refractivity contribution in [2.75, 3.05) is 6.61 Å². The molecule has 3 aromatic carbocycles. The van der Waals surface area contributed by atoms with Gasteiger partial charge in [-0.15, -0.1) is 0 Å². The van der Waals surface area contributed by atoms with E-state index in [0.717, 1.165) is 27.8 Å². The molecule has 6 nitrogen and oxygen atoms in total. The highest BCUT2D eigenvalue weighted by Gasteiger charge is 2.43. The van der Waals surface area contributed by atoms with Crippen LogP contribution in [0.5, 0.6) is 11.5 Å². The molecule has 1 aliphatic heterocycles. The van der Waals surface area contributed by atoms with Crippen LogP contribution in [0.25, 0.3) is 11.3 Å². The number of rotatable bonds is 7. The van der Waals surface area contributed by atoms with Gasteiger partial charge in [-0.1, -0.05) is 60.7 Å². The lowest BCUT2D eigenvalue weighted by molar-refractivity contribution is 0.0730. The van der Waals surface area contributed by atoms with Gasteiger partial charge in [-0.25, -0.2) is 0 Å². The first-order valence-electron chi connectivity index (χ1n) is 11.7. The average molecular weight is 500 g/mol. The number of ether oxygens (including phenoxy) is 1. The van der Waals surface area contributed by atoms with Crippen molar-refractivity contribution in [2.24, 2.45) is 0 Å². The Bertz CT molecular complexity index is 1450. The fraction of sp³-hybridized carbons (Fsp3) is 0.172. The summed E-state index contributed by atoms with van der Waals surface area (Å²) in [4.78, 5) is 15.5. The van der Waals surface area contributed by atoms with E-state index in [-0.39, 0.29) is 11.7 Å². The lowest BCUT2D eigenvalue weighted by atomic mass is 9.93. The Morgan fingerprint density at radius 3 is 2.72 bits per heavy atom. The van der Waals surface area contributed by atoms with Crippen LogP contribution in [0.2, 0.25) is 5.02 Å². The van der Waals surface area contributed by atoms with E-state index in [1.165, 1.54) is 0 Å². The lowest BCUT2D eigenvalue weighted by Crippen LogP contribution is -2.29. The van der Waals surface area contributed by atoms with Crippen LogP contribution in [-0.2, 0) is 6.54 Å². The predicted molar refractivity (Wildman–Crippen MR) is 140 cm³/mol. The van der Waals surface area contributed by atoms with E-state index >= 15 is 0 Å². The highest BCUT2D eigenvalue weighted by atomic mass is 35.5. The largest absolute Gasteiger partial charge is 0.507 e. The van der Waals surface area contributed by atoms with Crippen LogP contribution in [-0.4, -0.2) is 32.7 Å². The van der Waals surface area contributed by atoms with Crippen LogP contribution in [0.3, 0.4) is 0 Å². The van der Waals surface area contributed by atoms with Crippen molar-refractivity contribution in [3.63, 3.8) is 0 Å². The second-order valence-electron chi connectivity index (χ2n) is 8.94. The number of nitrogens with zero attached hydrogens (tertiary/aromatic N) is 2. The molecule has 0 aliphatic carbocycles. The van der Waals surface area contributed by atoms with Crippen molar-refractivity contribution >= 4 is 17.5 Å². The maximum absolute atomic E-state index is 13.7. The molecular formula is C29H26ClN3O3. The van der Waals surface area contributed by atoms with Gasteiger partial charge in [-0.2, -0.15) is 5.10 Å². The van der Waals surface area contributed by atoms with Crippen LogP contribution in [0.4, 0.5) is 0 Å². The Kier molecular flexibility index (Phi) is 6.29. The first-order valence-corrected chi connectivity index (χ1v) is 12.0. The highest BCUT2D eigenvalue weighted by molar-refractivity contribution is 6.31. The molecule has 2 heterocycles. The smallest absolute Gasteiger partial charge is 0.273 e. The minimum atomic E-state index is -0.468. The van der Waals surface area contributed by atoms with E-state index in [2.05, 4.69) is 16.8 Å². The quantitative estimate of drug-likeness (QED) is 0.290. The summed E-state index contributed by atoms with van der Waals surface area (Å²) in [6, 6.07) is 18.4. The van der Waals surface area contributed by atoms with Gasteiger partial charge in [-0.05, 0) is 60.4 Å². The third-order valence-corrected chi connectivity index (χ3v) is 6.77. The minimum Gasteiger partial charge on any atom is -0.507 e. The van der Waals surface area contributed by atoms with E-state index in [9.17, 15) is 9.90 Å². The number of nitrogens with one attached hydrogen (secondary N) is 1. The summed E-state index contributed by atoms with van der Waals surface area (Å²) in [5.74, 6) is 0.612. The molecule has 4 aromatic rings. The average Bonchev–Trinajstić information content (AvgIpc) is 3.38. The van der Waals surface area contributed by atoms with Crippen molar-refractivity contribution in [3.05, 3.63) is 112 Å². The molecule has 0 bridgehead atoms. The summed E-state index contributed by atoms with van der Waals surface area (Å²) in [5.41, 5.74) is 5.80. The molecule has 1 atom stereocenters. The number of aromatic hydroxyl groups is 1. The number of aromatic amines is 1. The summed E-state index contributed by atoms with van der Waals surface area (Å²) in [7, 11) is 0. The summed E-state index contributed by atoms with van der Waals surface area (Å²) in [6.45, 7) is 8.25. The third-order valence-electron chi connectivity index (χ3n) is 6.40. The minimum absolute atomic E-state index is 0.126. The van der Waals surface area contributed by atoms with Gasteiger partial charge in [0.05, 0.1) is 6.04 Å². The maximum Gasteiger partial charge on any atom is 0.273 e. The summed E-state index contributed by atoms with van der Waals surface area (Å²) in [5, 5.41) is 18.9. The fourth-order valence-electron chi connectivity index (χ4n) is 4.89. The molecule has 182 valence electrons. The molecule has 1 aliphatic rings. The molecule has 2 N–H and O–H groups in total. The zero-order chi connectivity index (χ0) is 25.4. The predicted octanol–water partition coefficient (Wildman–Crippen LogP) is 6.36. The molecule has 1 aromatic heterocycles. The van der Waals surface area contributed by atoms with E-state index in [0.29, 0.717) is 40.9 Å². The number of phenolic OH excluding ortho intramolecular Hbond substituents is 1. The topological polar surface area (TPSA) is 78.5 Å². The van der Waals surface area contributed by atoms with Crippen LogP contribution in [0.1, 0.15) is 44.3 Å². The summed E-state index contributed by atoms with van der Waals surface area (Å²) in [6.07, 6.45) is 1.69. The van der Waals surface area contributed by atoms with Crippen LogP contribution < -0.4 is 4.74 Å². The summed E-state index contributed by atoms with van der Waals surface area (Å²) >= 11 is 6.47. The van der Waals surface area contributed by atoms with Gasteiger partial charge in [0, 0.05) is 22.7 Å². The van der Waals surface area contributed by atoms with Crippen molar-refractivity contribution in [1.29, 1.82) is 0 Å². The number of fused-ring (bicyclic) bond motifs is 1. The number of hydrogen-bond acceptors (Lipinski definition) is 4. The first kappa shape index (κ1) is 23.7. The zero-order valence-corrected chi connectivity index (χ0v) is 20.8. The molecule has 5 rings (SSSR count). The molecule has 0 fully saturated rings. The van der Waals surface area contributed by atoms with Gasteiger partial charge in [0.1, 0.15) is 29.5 Å². The first-order chi connectivity index (χ1) is 17.4. The molecular weight excluding hydrogens is 474 g/mol. The number of amides is 1. The molecule has 0 radical (unpaired) electrons. The summed E-state index contributed by atoms with van der Waals surface area (Å²) < 4.78 is 5.78. The molecule has 1 unspecified atom stereocenters. The molecule has 36 heavy (non-hydrogen) atoms. The second-order valence-corrected chi connectivity index (χ2v) is 9.34. The number of aromatic nitrogens is 2. The van der Waals surface area contributed by atoms with E-state index in [4.69, 9.17) is 16.3 Å². The SMILES string of the molecule is C=CCOc1cccc(C2c3c(-c4c(C)cc(C)cc4O)n[nH]c3C(=O)N2Cc2ccccc2Cl)c1. The number of phenols is 1. The molecule has 7 heteroatoms. The fourth-order valence-corrected chi connectivity index (χ4v) is 5.09. The molecule has 1 amide bonds. The van der Waals surface area contributed by atoms with Crippen molar-refractivity contribution in [2.45, 2.75) is 26.4 Å². The Labute approximate surface area is 214 Å². The molecule has 0 spiro atoms. The van der Waals surface area contributed by atoms with Gasteiger partial charge in [0.25, 0.3) is 5.91 Å². The number of aryl methyl sites for hydroxylation is 2. The van der Waals surface area contributed by atoms with Gasteiger partial charge in [0.2, 0.25) is 0 Å². The number of H-pyrrole nitrogens is 1. The molecule has 0 saturated carbocycles. The van der Waals surface area contributed by atoms with Crippen molar-refractivity contribution in [1.82, 2.24) is 15.1 Å². The van der Waals surface area contributed by atoms with Crippen LogP contribution >= 0.6 is 11.6 Å². The number of benzene rings is 3. The maximum atomic E-state index is 13.7. The Morgan fingerprint density at radius 2 is 1.97 bits per heavy atom. The monoisotopic (exact) mass is 499 g/mol. The van der Waals surface area contributed by atoms with Gasteiger partial charge >= 0.3 is 0 Å². The van der Waals surface area contributed by atoms with Gasteiger partial charge in [-0.3, -0.25) is 9.89 Å². The second kappa shape index (κ2) is 9.55. The highest BCUT2D eigenvalue weighted by Crippen LogP contribution is 2.46. The normalized spacial score (nSPS) is 14.7. The van der Waals surface area contributed by atoms with Gasteiger partial charge in [0.15, 0.2) is 0 Å². The molecule has 0 saturated heterocycles. The number of carbonyl (C=O) groups is 1. The number of hydrogen-bond donors (Lipinski definition) is 2. The Balaban J connectivity index is 1.68. The number of carbonyl (C=O) groups excluding carboxylic acids is 1. The van der Waals surface area contributed by atoms with E-state index in [1.807, 2.05) is 68.4 Å². The zero-order valence-electron chi connectivity index (χ0n) is 20.1. The van der Waals surface area contributed by atoms with E-state index < -0.39 is 6.04 Å². The van der Waals surface area contributed by atoms with Gasteiger partial charge < -0.3 is 14.7 Å². The number of halogens is 1. The Hall–Kier alpha value is -4.03.